The number of benzene rings is 1. The molecule has 1 aromatic carbocycles. The Morgan fingerprint density at radius 2 is 2.20 bits per heavy atom. The number of carbonyl (C=O) groups is 1. The summed E-state index contributed by atoms with van der Waals surface area (Å²) in [5.74, 6) is -2.68. The first-order chi connectivity index (χ1) is 9.61. The summed E-state index contributed by atoms with van der Waals surface area (Å²) in [7, 11) is 1.87. The number of rotatable bonds is 4. The van der Waals surface area contributed by atoms with Crippen LogP contribution >= 0.6 is 11.8 Å². The van der Waals surface area contributed by atoms with E-state index >= 15 is 0 Å². The molecule has 0 bridgehead atoms. The highest BCUT2D eigenvalue weighted by molar-refractivity contribution is 7.99. The van der Waals surface area contributed by atoms with Gasteiger partial charge >= 0.3 is 0 Å². The Labute approximate surface area is 121 Å². The van der Waals surface area contributed by atoms with E-state index < -0.39 is 5.76 Å². The molecule has 0 radical (unpaired) electrons. The first-order valence-electron chi connectivity index (χ1n) is 6.62. The summed E-state index contributed by atoms with van der Waals surface area (Å²) in [5, 5.41) is 3.17. The molecule has 1 amide bonds. The number of alkyl halides is 2. The summed E-state index contributed by atoms with van der Waals surface area (Å²) < 4.78 is 25.1. The fraction of sp³-hybridized carbons (Fsp3) is 0.500. The molecule has 1 N–H and O–H groups in total. The SMILES string of the molecule is CNC1CCCN(C(=O)c2ccccc2SC(F)F)C1. The Balaban J connectivity index is 2.16. The highest BCUT2D eigenvalue weighted by Crippen LogP contribution is 2.29. The number of piperidine rings is 1. The molecular formula is C14H18F2N2OS. The van der Waals surface area contributed by atoms with Gasteiger partial charge in [-0.1, -0.05) is 23.9 Å². The van der Waals surface area contributed by atoms with Gasteiger partial charge in [-0.15, -0.1) is 0 Å². The van der Waals surface area contributed by atoms with Gasteiger partial charge in [-0.05, 0) is 32.0 Å². The largest absolute Gasteiger partial charge is 0.337 e. The van der Waals surface area contributed by atoms with Crippen molar-refractivity contribution < 1.29 is 13.6 Å². The van der Waals surface area contributed by atoms with Crippen LogP contribution in [-0.4, -0.2) is 42.7 Å². The van der Waals surface area contributed by atoms with Crippen molar-refractivity contribution in [1.29, 1.82) is 0 Å². The maximum Gasteiger partial charge on any atom is 0.288 e. The van der Waals surface area contributed by atoms with Crippen molar-refractivity contribution in [2.75, 3.05) is 20.1 Å². The molecule has 0 aromatic heterocycles. The van der Waals surface area contributed by atoms with E-state index in [9.17, 15) is 13.6 Å². The van der Waals surface area contributed by atoms with E-state index in [2.05, 4.69) is 5.32 Å². The van der Waals surface area contributed by atoms with Crippen molar-refractivity contribution in [2.24, 2.45) is 0 Å². The van der Waals surface area contributed by atoms with Gasteiger partial charge in [0.25, 0.3) is 11.7 Å². The number of hydrogen-bond donors (Lipinski definition) is 1. The second-order valence-corrected chi connectivity index (χ2v) is 5.79. The number of likely N-dealkylation sites (N-methyl/N-ethyl adjacent to an activating group) is 1. The minimum Gasteiger partial charge on any atom is -0.337 e. The minimum atomic E-state index is -2.52. The second kappa shape index (κ2) is 7.04. The van der Waals surface area contributed by atoms with Crippen molar-refractivity contribution in [2.45, 2.75) is 29.5 Å². The lowest BCUT2D eigenvalue weighted by atomic mass is 10.0. The molecule has 0 spiro atoms. The summed E-state index contributed by atoms with van der Waals surface area (Å²) in [5.41, 5.74) is 0.370. The molecule has 0 aliphatic carbocycles. The van der Waals surface area contributed by atoms with Crippen LogP contribution in [-0.2, 0) is 0 Å². The maximum atomic E-state index is 12.6. The molecule has 1 atom stereocenters. The van der Waals surface area contributed by atoms with Gasteiger partial charge in [-0.3, -0.25) is 4.79 Å². The van der Waals surface area contributed by atoms with Crippen molar-refractivity contribution >= 4 is 17.7 Å². The fourth-order valence-electron chi connectivity index (χ4n) is 2.41. The molecule has 3 nitrogen and oxygen atoms in total. The number of carbonyl (C=O) groups excluding carboxylic acids is 1. The summed E-state index contributed by atoms with van der Waals surface area (Å²) in [4.78, 5) is 14.6. The summed E-state index contributed by atoms with van der Waals surface area (Å²) in [6.45, 7) is 1.31. The third kappa shape index (κ3) is 3.70. The van der Waals surface area contributed by atoms with Gasteiger partial charge < -0.3 is 10.2 Å². The normalized spacial score (nSPS) is 19.4. The molecule has 1 unspecified atom stereocenters. The lowest BCUT2D eigenvalue weighted by Gasteiger charge is -2.33. The molecular weight excluding hydrogens is 282 g/mol. The van der Waals surface area contributed by atoms with E-state index in [-0.39, 0.29) is 11.9 Å². The lowest BCUT2D eigenvalue weighted by Crippen LogP contribution is -2.47. The summed E-state index contributed by atoms with van der Waals surface area (Å²) in [6.07, 6.45) is 1.97. The zero-order valence-electron chi connectivity index (χ0n) is 11.3. The smallest absolute Gasteiger partial charge is 0.288 e. The molecule has 1 aliphatic rings. The molecule has 20 heavy (non-hydrogen) atoms. The third-order valence-electron chi connectivity index (χ3n) is 3.45. The Bertz CT molecular complexity index is 470. The highest BCUT2D eigenvalue weighted by Gasteiger charge is 2.25. The number of thioether (sulfide) groups is 1. The van der Waals surface area contributed by atoms with E-state index in [0.717, 1.165) is 12.8 Å². The summed E-state index contributed by atoms with van der Waals surface area (Å²) in [6, 6.07) is 6.86. The first-order valence-corrected chi connectivity index (χ1v) is 7.50. The van der Waals surface area contributed by atoms with E-state index in [4.69, 9.17) is 0 Å². The van der Waals surface area contributed by atoms with Crippen LogP contribution in [0.2, 0.25) is 0 Å². The highest BCUT2D eigenvalue weighted by atomic mass is 32.2. The number of likely N-dealkylation sites (tertiary alicyclic amines) is 1. The minimum absolute atomic E-state index is 0.159. The van der Waals surface area contributed by atoms with Crippen molar-refractivity contribution in [1.82, 2.24) is 10.2 Å². The number of halogens is 2. The van der Waals surface area contributed by atoms with Gasteiger partial charge in [-0.2, -0.15) is 8.78 Å². The Morgan fingerprint density at radius 3 is 2.90 bits per heavy atom. The molecule has 1 saturated heterocycles. The van der Waals surface area contributed by atoms with Gasteiger partial charge in [0.1, 0.15) is 0 Å². The molecule has 1 aliphatic heterocycles. The van der Waals surface area contributed by atoms with Crippen LogP contribution in [0.15, 0.2) is 29.2 Å². The van der Waals surface area contributed by atoms with Gasteiger partial charge in [-0.25, -0.2) is 0 Å². The van der Waals surface area contributed by atoms with E-state index in [1.54, 1.807) is 29.2 Å². The van der Waals surface area contributed by atoms with E-state index in [1.807, 2.05) is 7.05 Å². The standard InChI is InChI=1S/C14H18F2N2OS/c1-17-10-5-4-8-18(9-10)13(19)11-6-2-3-7-12(11)20-14(15)16/h2-3,6-7,10,14,17H,4-5,8-9H2,1H3. The quantitative estimate of drug-likeness (QED) is 0.868. The van der Waals surface area contributed by atoms with Gasteiger partial charge in [0.2, 0.25) is 0 Å². The number of nitrogens with one attached hydrogen (secondary N) is 1. The van der Waals surface area contributed by atoms with Gasteiger partial charge in [0.15, 0.2) is 0 Å². The average Bonchev–Trinajstić information content (AvgIpc) is 2.46. The zero-order valence-corrected chi connectivity index (χ0v) is 12.1. The van der Waals surface area contributed by atoms with Crippen molar-refractivity contribution in [3.8, 4) is 0 Å². The molecule has 1 fully saturated rings. The van der Waals surface area contributed by atoms with Crippen LogP contribution in [0.3, 0.4) is 0 Å². The van der Waals surface area contributed by atoms with E-state index in [1.165, 1.54) is 0 Å². The molecule has 1 heterocycles. The number of amides is 1. The van der Waals surface area contributed by atoms with Crippen LogP contribution in [0.4, 0.5) is 8.78 Å². The van der Waals surface area contributed by atoms with Crippen LogP contribution in [0.25, 0.3) is 0 Å². The van der Waals surface area contributed by atoms with Crippen LogP contribution < -0.4 is 5.32 Å². The number of nitrogens with zero attached hydrogens (tertiary/aromatic N) is 1. The first kappa shape index (κ1) is 15.3. The van der Waals surface area contributed by atoms with Crippen LogP contribution in [0, 0.1) is 0 Å². The predicted octanol–water partition coefficient (Wildman–Crippen LogP) is 2.83. The fourth-order valence-corrected chi connectivity index (χ4v) is 3.04. The molecule has 0 saturated carbocycles. The van der Waals surface area contributed by atoms with Crippen molar-refractivity contribution in [3.63, 3.8) is 0 Å². The van der Waals surface area contributed by atoms with Gasteiger partial charge in [0.05, 0.1) is 5.56 Å². The molecule has 110 valence electrons. The Hall–Kier alpha value is -1.14. The lowest BCUT2D eigenvalue weighted by molar-refractivity contribution is 0.0694. The van der Waals surface area contributed by atoms with Gasteiger partial charge in [0, 0.05) is 24.0 Å². The van der Waals surface area contributed by atoms with Crippen LogP contribution in [0.5, 0.6) is 0 Å². The summed E-state index contributed by atoms with van der Waals surface area (Å²) >= 11 is 0.427. The topological polar surface area (TPSA) is 32.3 Å². The number of hydrogen-bond acceptors (Lipinski definition) is 3. The second-order valence-electron chi connectivity index (χ2n) is 4.75. The third-order valence-corrected chi connectivity index (χ3v) is 4.24. The molecule has 1 aromatic rings. The predicted molar refractivity (Wildman–Crippen MR) is 76.3 cm³/mol. The molecule has 6 heteroatoms. The molecule has 2 rings (SSSR count). The monoisotopic (exact) mass is 300 g/mol. The zero-order chi connectivity index (χ0) is 14.5. The van der Waals surface area contributed by atoms with Crippen molar-refractivity contribution in [3.05, 3.63) is 29.8 Å². The Morgan fingerprint density at radius 1 is 1.45 bits per heavy atom. The average molecular weight is 300 g/mol. The Kier molecular flexibility index (Phi) is 5.37. The van der Waals surface area contributed by atoms with E-state index in [0.29, 0.717) is 35.3 Å². The van der Waals surface area contributed by atoms with Crippen LogP contribution in [0.1, 0.15) is 23.2 Å². The maximum absolute atomic E-state index is 12.6.